The van der Waals surface area contributed by atoms with Crippen molar-refractivity contribution in [3.8, 4) is 0 Å². The molecule has 0 spiro atoms. The molecule has 0 saturated heterocycles. The van der Waals surface area contributed by atoms with E-state index >= 15 is 0 Å². The van der Waals surface area contributed by atoms with Crippen molar-refractivity contribution >= 4 is 5.90 Å². The van der Waals surface area contributed by atoms with E-state index in [0.29, 0.717) is 12.5 Å². The van der Waals surface area contributed by atoms with Gasteiger partial charge in [-0.15, -0.1) is 0 Å². The number of aliphatic hydroxyl groups excluding tert-OH is 1. The van der Waals surface area contributed by atoms with Gasteiger partial charge in [-0.05, 0) is 26.2 Å². The molecule has 1 rings (SSSR count). The van der Waals surface area contributed by atoms with E-state index in [1.54, 1.807) is 0 Å². The highest BCUT2D eigenvalue weighted by molar-refractivity contribution is 5.79. The monoisotopic (exact) mass is 351 g/mol. The zero-order valence-corrected chi connectivity index (χ0v) is 16.8. The van der Waals surface area contributed by atoms with Crippen LogP contribution in [0.3, 0.4) is 0 Å². The Balaban J connectivity index is 1.85. The second kappa shape index (κ2) is 14.4. The van der Waals surface area contributed by atoms with Crippen molar-refractivity contribution in [1.82, 2.24) is 0 Å². The van der Waals surface area contributed by atoms with Crippen LogP contribution in [-0.4, -0.2) is 29.8 Å². The molecule has 1 unspecified atom stereocenters. The lowest BCUT2D eigenvalue weighted by molar-refractivity contribution is 0.242. The molecule has 1 atom stereocenters. The van der Waals surface area contributed by atoms with Crippen molar-refractivity contribution in [2.45, 2.75) is 109 Å². The topological polar surface area (TPSA) is 41.8 Å². The van der Waals surface area contributed by atoms with E-state index in [1.165, 1.54) is 83.5 Å². The lowest BCUT2D eigenvalue weighted by Crippen LogP contribution is -2.22. The summed E-state index contributed by atoms with van der Waals surface area (Å²) in [6.07, 6.45) is 23.4. The Bertz CT molecular complexity index is 378. The van der Waals surface area contributed by atoms with E-state index in [2.05, 4.69) is 31.0 Å². The molecule has 1 aliphatic heterocycles. The smallest absolute Gasteiger partial charge is 0.210 e. The van der Waals surface area contributed by atoms with Crippen molar-refractivity contribution in [1.29, 1.82) is 0 Å². The summed E-state index contributed by atoms with van der Waals surface area (Å²) < 4.78 is 5.36. The first-order valence-corrected chi connectivity index (χ1v) is 10.7. The normalized spacial score (nSPS) is 20.2. The molecule has 0 radical (unpaired) electrons. The van der Waals surface area contributed by atoms with Crippen LogP contribution in [-0.2, 0) is 4.74 Å². The van der Waals surface area contributed by atoms with Gasteiger partial charge in [-0.1, -0.05) is 89.7 Å². The molecule has 1 N–H and O–H groups in total. The van der Waals surface area contributed by atoms with Crippen molar-refractivity contribution in [2.24, 2.45) is 4.99 Å². The Hall–Kier alpha value is -0.830. The van der Waals surface area contributed by atoms with Gasteiger partial charge in [-0.2, -0.15) is 0 Å². The number of aliphatic imine (C=N–C) groups is 1. The summed E-state index contributed by atoms with van der Waals surface area (Å²) in [7, 11) is 0. The number of rotatable bonds is 16. The van der Waals surface area contributed by atoms with Crippen molar-refractivity contribution in [2.75, 3.05) is 13.2 Å². The molecule has 1 aliphatic rings. The fourth-order valence-electron chi connectivity index (χ4n) is 3.35. The number of nitrogens with zero attached hydrogens (tertiary/aromatic N) is 1. The molecule has 146 valence electrons. The third-order valence-corrected chi connectivity index (χ3v) is 5.03. The number of ether oxygens (including phenoxy) is 1. The van der Waals surface area contributed by atoms with Crippen LogP contribution in [0.1, 0.15) is 104 Å². The first-order valence-electron chi connectivity index (χ1n) is 10.7. The van der Waals surface area contributed by atoms with Crippen LogP contribution < -0.4 is 0 Å². The molecule has 0 fully saturated rings. The van der Waals surface area contributed by atoms with Gasteiger partial charge in [0, 0.05) is 0 Å². The number of hydrogen-bond acceptors (Lipinski definition) is 3. The van der Waals surface area contributed by atoms with Gasteiger partial charge in [-0.25, -0.2) is 4.99 Å². The van der Waals surface area contributed by atoms with Crippen LogP contribution >= 0.6 is 0 Å². The molecule has 1 heterocycles. The summed E-state index contributed by atoms with van der Waals surface area (Å²) >= 11 is 0. The van der Waals surface area contributed by atoms with E-state index in [1.807, 2.05) is 0 Å². The predicted molar refractivity (Wildman–Crippen MR) is 108 cm³/mol. The molecule has 3 heteroatoms. The van der Waals surface area contributed by atoms with E-state index < -0.39 is 0 Å². The molecule has 0 saturated carbocycles. The van der Waals surface area contributed by atoms with E-state index in [0.717, 1.165) is 6.42 Å². The Morgan fingerprint density at radius 3 is 2.00 bits per heavy atom. The van der Waals surface area contributed by atoms with Crippen LogP contribution in [0.4, 0.5) is 0 Å². The lowest BCUT2D eigenvalue weighted by Gasteiger charge is -2.15. The maximum atomic E-state index is 9.03. The largest absolute Gasteiger partial charge is 0.477 e. The van der Waals surface area contributed by atoms with Crippen LogP contribution in [0.2, 0.25) is 0 Å². The molecule has 0 amide bonds. The number of unbranched alkanes of at least 4 members (excludes halogenated alkanes) is 12. The van der Waals surface area contributed by atoms with Crippen LogP contribution in [0, 0.1) is 0 Å². The van der Waals surface area contributed by atoms with Gasteiger partial charge in [0.1, 0.15) is 13.2 Å². The van der Waals surface area contributed by atoms with Gasteiger partial charge in [-0.3, -0.25) is 0 Å². The Labute approximate surface area is 156 Å². The minimum absolute atomic E-state index is 0.0852. The van der Waals surface area contributed by atoms with Crippen LogP contribution in [0.25, 0.3) is 0 Å². The van der Waals surface area contributed by atoms with Gasteiger partial charge >= 0.3 is 0 Å². The summed E-state index contributed by atoms with van der Waals surface area (Å²) in [5.74, 6) is 0.483. The standard InChI is InChI=1S/C22H41NO2/c1-3-4-5-6-7-8-9-10-11-12-13-14-15-16-17-18-22(2)20-25-21(19-24)23-22/h16-17,24H,3-15,18-20H2,1-2H3. The van der Waals surface area contributed by atoms with Crippen molar-refractivity contribution in [3.63, 3.8) is 0 Å². The maximum Gasteiger partial charge on any atom is 0.210 e. The van der Waals surface area contributed by atoms with Gasteiger partial charge in [0.05, 0.1) is 5.54 Å². The quantitative estimate of drug-likeness (QED) is 0.265. The van der Waals surface area contributed by atoms with Crippen molar-refractivity contribution < 1.29 is 9.84 Å². The van der Waals surface area contributed by atoms with Gasteiger partial charge in [0.25, 0.3) is 0 Å². The summed E-state index contributed by atoms with van der Waals surface area (Å²) in [6.45, 7) is 4.87. The summed E-state index contributed by atoms with van der Waals surface area (Å²) in [5, 5.41) is 9.03. The average molecular weight is 352 g/mol. The second-order valence-electron chi connectivity index (χ2n) is 7.80. The molecule has 0 aromatic carbocycles. The first-order chi connectivity index (χ1) is 12.2. The molecule has 0 aromatic rings. The Kier molecular flexibility index (Phi) is 12.8. The van der Waals surface area contributed by atoms with E-state index in [-0.39, 0.29) is 12.1 Å². The zero-order valence-electron chi connectivity index (χ0n) is 16.8. The highest BCUT2D eigenvalue weighted by Gasteiger charge is 2.29. The molecule has 3 nitrogen and oxygen atoms in total. The SMILES string of the molecule is CCCCCCCCCCCCCCC=CCC1(C)COC(CO)=N1. The van der Waals surface area contributed by atoms with Gasteiger partial charge in [0.15, 0.2) is 0 Å². The third kappa shape index (κ3) is 11.4. The maximum absolute atomic E-state index is 9.03. The van der Waals surface area contributed by atoms with Gasteiger partial charge in [0.2, 0.25) is 5.90 Å². The van der Waals surface area contributed by atoms with E-state index in [4.69, 9.17) is 9.84 Å². The van der Waals surface area contributed by atoms with Crippen LogP contribution in [0.5, 0.6) is 0 Å². The molecule has 0 aromatic heterocycles. The Morgan fingerprint density at radius 1 is 0.920 bits per heavy atom. The zero-order chi connectivity index (χ0) is 18.2. The average Bonchev–Trinajstić information content (AvgIpc) is 3.00. The number of aliphatic hydroxyl groups is 1. The predicted octanol–water partition coefficient (Wildman–Crippen LogP) is 6.20. The fraction of sp³-hybridized carbons (Fsp3) is 0.864. The van der Waals surface area contributed by atoms with Crippen molar-refractivity contribution in [3.05, 3.63) is 12.2 Å². The number of hydrogen-bond donors (Lipinski definition) is 1. The lowest BCUT2D eigenvalue weighted by atomic mass is 10.00. The summed E-state index contributed by atoms with van der Waals surface area (Å²) in [5.41, 5.74) is -0.175. The van der Waals surface area contributed by atoms with Gasteiger partial charge < -0.3 is 9.84 Å². The number of allylic oxidation sites excluding steroid dienone is 1. The third-order valence-electron chi connectivity index (χ3n) is 5.03. The molecular formula is C22H41NO2. The first kappa shape index (κ1) is 22.2. The summed E-state index contributed by atoms with van der Waals surface area (Å²) in [6, 6.07) is 0. The minimum Gasteiger partial charge on any atom is -0.477 e. The summed E-state index contributed by atoms with van der Waals surface area (Å²) in [4.78, 5) is 4.44. The molecular weight excluding hydrogens is 310 g/mol. The molecule has 0 aliphatic carbocycles. The minimum atomic E-state index is -0.175. The van der Waals surface area contributed by atoms with Crippen LogP contribution in [0.15, 0.2) is 17.1 Å². The Morgan fingerprint density at radius 2 is 1.48 bits per heavy atom. The molecule has 25 heavy (non-hydrogen) atoms. The molecule has 0 bridgehead atoms. The second-order valence-corrected chi connectivity index (χ2v) is 7.80. The highest BCUT2D eigenvalue weighted by atomic mass is 16.5. The van der Waals surface area contributed by atoms with E-state index in [9.17, 15) is 0 Å². The fourth-order valence-corrected chi connectivity index (χ4v) is 3.35. The highest BCUT2D eigenvalue weighted by Crippen LogP contribution is 2.23.